The monoisotopic (exact) mass is 738 g/mol. The van der Waals surface area contributed by atoms with E-state index in [1.54, 1.807) is 0 Å². The van der Waals surface area contributed by atoms with Crippen molar-refractivity contribution in [1.29, 1.82) is 0 Å². The van der Waals surface area contributed by atoms with Crippen LogP contribution in [0.2, 0.25) is 0 Å². The minimum absolute atomic E-state index is 0.0169. The fourth-order valence-corrected chi connectivity index (χ4v) is 7.37. The zero-order valence-electron chi connectivity index (χ0n) is 31.8. The third kappa shape index (κ3) is 8.03. The highest BCUT2D eigenvalue weighted by atomic mass is 17.2. The number of hydrogen-bond donors (Lipinski definition) is 3. The number of nitrogens with zero attached hydrogens (tertiary/aromatic N) is 5. The number of aromatic nitrogens is 4. The second-order valence-corrected chi connectivity index (χ2v) is 14.5. The predicted molar refractivity (Wildman–Crippen MR) is 205 cm³/mol. The molecule has 4 heterocycles. The lowest BCUT2D eigenvalue weighted by Crippen LogP contribution is -2.51. The van der Waals surface area contributed by atoms with Gasteiger partial charge in [0.05, 0.1) is 43.0 Å². The van der Waals surface area contributed by atoms with E-state index in [0.717, 1.165) is 76.3 Å². The Morgan fingerprint density at radius 3 is 2.22 bits per heavy atom. The van der Waals surface area contributed by atoms with Gasteiger partial charge in [0.15, 0.2) is 0 Å². The van der Waals surface area contributed by atoms with E-state index < -0.39 is 18.2 Å². The van der Waals surface area contributed by atoms with Gasteiger partial charge in [-0.05, 0) is 66.4 Å². The Kier molecular flexibility index (Phi) is 11.8. The minimum Gasteiger partial charge on any atom is -0.453 e. The Labute approximate surface area is 315 Å². The molecule has 14 nitrogen and oxygen atoms in total. The Morgan fingerprint density at radius 2 is 1.57 bits per heavy atom. The first kappa shape index (κ1) is 38.2. The number of aromatic amines is 2. The molecule has 2 aromatic heterocycles. The second kappa shape index (κ2) is 16.7. The van der Waals surface area contributed by atoms with Gasteiger partial charge in [-0.15, -0.1) is 0 Å². The molecule has 6 rings (SSSR count). The Balaban J connectivity index is 1.14. The molecule has 286 valence electrons. The number of alkyl carbamates (subject to hydrolysis) is 1. The molecule has 14 heteroatoms. The largest absolute Gasteiger partial charge is 0.453 e. The summed E-state index contributed by atoms with van der Waals surface area (Å²) in [6.45, 7) is 13.3. The van der Waals surface area contributed by atoms with Crippen LogP contribution in [-0.2, 0) is 24.1 Å². The number of fused-ring (bicyclic) bond motifs is 1. The van der Waals surface area contributed by atoms with Crippen molar-refractivity contribution in [2.24, 2.45) is 16.8 Å². The van der Waals surface area contributed by atoms with E-state index in [1.165, 1.54) is 20.6 Å². The molecule has 54 heavy (non-hydrogen) atoms. The number of aliphatic imine (C=N–C) groups is 1. The van der Waals surface area contributed by atoms with E-state index in [2.05, 4.69) is 31.7 Å². The van der Waals surface area contributed by atoms with E-state index in [4.69, 9.17) is 19.6 Å². The van der Waals surface area contributed by atoms with Gasteiger partial charge in [0.25, 0.3) is 0 Å². The number of H-pyrrole nitrogens is 2. The lowest BCUT2D eigenvalue weighted by molar-refractivity contribution is -0.188. The average molecular weight is 739 g/mol. The van der Waals surface area contributed by atoms with Crippen LogP contribution in [0.15, 0.2) is 60.2 Å². The van der Waals surface area contributed by atoms with Crippen LogP contribution in [-0.4, -0.2) is 93.4 Å². The molecular weight excluding hydrogens is 688 g/mol. The van der Waals surface area contributed by atoms with Crippen molar-refractivity contribution in [1.82, 2.24) is 35.1 Å². The molecule has 0 radical (unpaired) electrons. The molecule has 0 saturated carbocycles. The number of amides is 3. The Bertz CT molecular complexity index is 2000. The average Bonchev–Trinajstić information content (AvgIpc) is 4.00. The van der Waals surface area contributed by atoms with Crippen molar-refractivity contribution in [3.8, 4) is 11.3 Å². The summed E-state index contributed by atoms with van der Waals surface area (Å²) in [4.78, 5) is 73.1. The maximum atomic E-state index is 13.6. The second-order valence-electron chi connectivity index (χ2n) is 14.5. The number of ether oxygens (including phenoxy) is 1. The lowest BCUT2D eigenvalue weighted by Gasteiger charge is -2.29. The zero-order valence-corrected chi connectivity index (χ0v) is 31.8. The van der Waals surface area contributed by atoms with Crippen LogP contribution >= 0.6 is 0 Å². The van der Waals surface area contributed by atoms with Gasteiger partial charge in [-0.3, -0.25) is 9.59 Å². The van der Waals surface area contributed by atoms with Crippen molar-refractivity contribution in [3.63, 3.8) is 0 Å². The minimum atomic E-state index is -0.696. The standard InChI is InChI=1S/C40H50N8O6/c1-23(2)34(42-22-54-53-7)38(49)47-18-8-10-32(47)36-41-21-31(45-36)27-14-12-26(13-15-27)25(5)28-16-17-29-30(20-28)44-37(43-29)33-11-9-19-48(33)39(50)35(24(3)4)46-40(51)52-6/h12-17,20-24,32-35H,5,8-11,18-19H2,1-4,6-7H3,(H,41,45)(H,43,44)(H,46,51)/b42-22+/t32-,33-,34-,35-/m0/s1. The number of hydrogen-bond acceptors (Lipinski definition) is 9. The molecule has 2 aromatic carbocycles. The molecule has 0 aliphatic carbocycles. The quantitative estimate of drug-likeness (QED) is 0.0617. The molecule has 4 atom stereocenters. The van der Waals surface area contributed by atoms with Crippen LogP contribution in [0, 0.1) is 11.8 Å². The number of carbonyl (C=O) groups is 3. The van der Waals surface area contributed by atoms with E-state index in [0.29, 0.717) is 13.1 Å². The fourth-order valence-electron chi connectivity index (χ4n) is 7.37. The van der Waals surface area contributed by atoms with Crippen LogP contribution in [0.25, 0.3) is 27.9 Å². The SMILES string of the molecule is C=C(c1ccc(-c2c[nH]c([C@@H]3CCCN3C(=O)[C@@H](/N=C/OOC)C(C)C)n2)cc1)c1ccc2nc([C@@H]3CCCN3C(=O)[C@@H](NC(=O)OC)C(C)C)[nH]c2c1. The van der Waals surface area contributed by atoms with Gasteiger partial charge < -0.3 is 34.7 Å². The summed E-state index contributed by atoms with van der Waals surface area (Å²) in [5.41, 5.74) is 6.14. The maximum Gasteiger partial charge on any atom is 0.407 e. The van der Waals surface area contributed by atoms with Gasteiger partial charge >= 0.3 is 6.09 Å². The first-order chi connectivity index (χ1) is 26.0. The summed E-state index contributed by atoms with van der Waals surface area (Å²) in [5, 5.41) is 2.70. The summed E-state index contributed by atoms with van der Waals surface area (Å²) < 4.78 is 4.76. The fraction of sp³-hybridized carbons (Fsp3) is 0.450. The molecule has 0 unspecified atom stereocenters. The number of benzene rings is 2. The summed E-state index contributed by atoms with van der Waals surface area (Å²) >= 11 is 0. The highest BCUT2D eigenvalue weighted by Crippen LogP contribution is 2.35. The van der Waals surface area contributed by atoms with E-state index >= 15 is 0 Å². The van der Waals surface area contributed by atoms with Crippen molar-refractivity contribution in [3.05, 3.63) is 78.0 Å². The number of likely N-dealkylation sites (tertiary alicyclic amines) is 2. The van der Waals surface area contributed by atoms with Gasteiger partial charge in [0.1, 0.15) is 23.7 Å². The first-order valence-corrected chi connectivity index (χ1v) is 18.5. The van der Waals surface area contributed by atoms with Crippen LogP contribution in [0.5, 0.6) is 0 Å². The summed E-state index contributed by atoms with van der Waals surface area (Å²) in [6, 6.07) is 12.4. The first-order valence-electron chi connectivity index (χ1n) is 18.5. The molecule has 2 fully saturated rings. The Hall–Kier alpha value is -5.50. The third-order valence-corrected chi connectivity index (χ3v) is 10.3. The number of imidazole rings is 2. The summed E-state index contributed by atoms with van der Waals surface area (Å²) in [6.07, 6.45) is 5.74. The van der Waals surface area contributed by atoms with Crippen molar-refractivity contribution < 1.29 is 28.9 Å². The van der Waals surface area contributed by atoms with E-state index in [-0.39, 0.29) is 35.7 Å². The molecule has 0 spiro atoms. The van der Waals surface area contributed by atoms with Gasteiger partial charge in [0, 0.05) is 24.8 Å². The Morgan fingerprint density at radius 1 is 0.907 bits per heavy atom. The van der Waals surface area contributed by atoms with Crippen LogP contribution in [0.4, 0.5) is 4.79 Å². The molecule has 0 bridgehead atoms. The number of nitrogens with one attached hydrogen (secondary N) is 3. The molecule has 2 aliphatic heterocycles. The highest BCUT2D eigenvalue weighted by Gasteiger charge is 2.38. The van der Waals surface area contributed by atoms with Crippen LogP contribution in [0.3, 0.4) is 0 Å². The van der Waals surface area contributed by atoms with Crippen molar-refractivity contribution in [2.45, 2.75) is 77.5 Å². The van der Waals surface area contributed by atoms with Gasteiger partial charge in [-0.25, -0.2) is 19.8 Å². The molecule has 2 saturated heterocycles. The number of rotatable bonds is 13. The van der Waals surface area contributed by atoms with Gasteiger partial charge in [0.2, 0.25) is 18.2 Å². The van der Waals surface area contributed by atoms with Crippen LogP contribution in [0.1, 0.15) is 88.2 Å². The zero-order chi connectivity index (χ0) is 38.5. The maximum absolute atomic E-state index is 13.6. The lowest BCUT2D eigenvalue weighted by atomic mass is 9.98. The number of methoxy groups -OCH3 is 1. The molecule has 2 aliphatic rings. The predicted octanol–water partition coefficient (Wildman–Crippen LogP) is 6.35. The summed E-state index contributed by atoms with van der Waals surface area (Å²) in [7, 11) is 2.68. The van der Waals surface area contributed by atoms with Gasteiger partial charge in [-0.1, -0.05) is 64.6 Å². The highest BCUT2D eigenvalue weighted by molar-refractivity contribution is 5.88. The van der Waals surface area contributed by atoms with E-state index in [1.807, 2.05) is 86.2 Å². The normalized spacial score (nSPS) is 18.5. The third-order valence-electron chi connectivity index (χ3n) is 10.3. The van der Waals surface area contributed by atoms with Crippen molar-refractivity contribution >= 4 is 40.9 Å². The molecule has 3 amide bonds. The number of carbonyl (C=O) groups excluding carboxylic acids is 3. The van der Waals surface area contributed by atoms with E-state index in [9.17, 15) is 14.4 Å². The molecule has 3 N–H and O–H groups in total. The molecular formula is C40H50N8O6. The smallest absolute Gasteiger partial charge is 0.407 e. The topological polar surface area (TPSA) is 167 Å². The van der Waals surface area contributed by atoms with Crippen LogP contribution < -0.4 is 5.32 Å². The van der Waals surface area contributed by atoms with Crippen molar-refractivity contribution in [2.75, 3.05) is 27.3 Å². The van der Waals surface area contributed by atoms with Gasteiger partial charge in [-0.2, -0.15) is 4.89 Å². The summed E-state index contributed by atoms with van der Waals surface area (Å²) in [5.74, 6) is 1.13. The molecule has 4 aromatic rings.